The maximum Gasteiger partial charge on any atom is 0.434 e. The van der Waals surface area contributed by atoms with Gasteiger partial charge >= 0.3 is 12.1 Å². The second kappa shape index (κ2) is 7.43. The second-order valence-electron chi connectivity index (χ2n) is 5.16. The first kappa shape index (κ1) is 18.4. The molecule has 0 radical (unpaired) electrons. The predicted molar refractivity (Wildman–Crippen MR) is 83.2 cm³/mol. The number of carbonyl (C=O) groups is 1. The van der Waals surface area contributed by atoms with Crippen molar-refractivity contribution in [1.82, 2.24) is 29.8 Å². The number of methoxy groups -OCH3 is 1. The van der Waals surface area contributed by atoms with Gasteiger partial charge in [-0.1, -0.05) is 0 Å². The number of esters is 1. The third-order valence-electron chi connectivity index (χ3n) is 3.42. The van der Waals surface area contributed by atoms with E-state index in [0.29, 0.717) is 4.68 Å². The lowest BCUT2D eigenvalue weighted by Gasteiger charge is -2.12. The summed E-state index contributed by atoms with van der Waals surface area (Å²) in [5.74, 6) is -1.25. The molecule has 142 valence electrons. The smallest absolute Gasteiger partial charge is 0.434 e. The van der Waals surface area contributed by atoms with Gasteiger partial charge in [-0.05, 0) is 12.1 Å². The molecule has 0 saturated carbocycles. The largest absolute Gasteiger partial charge is 0.480 e. The molecule has 0 unspecified atom stereocenters. The van der Waals surface area contributed by atoms with E-state index in [2.05, 4.69) is 20.4 Å². The maximum absolute atomic E-state index is 13.5. The maximum atomic E-state index is 13.5. The van der Waals surface area contributed by atoms with Crippen molar-refractivity contribution < 1.29 is 27.4 Å². The molecular formula is C15H13F3N6O3. The number of carbonyl (C=O) groups excluding carboxylic acids is 1. The fourth-order valence-electron chi connectivity index (χ4n) is 2.22. The Labute approximate surface area is 150 Å². The van der Waals surface area contributed by atoms with Gasteiger partial charge in [0.1, 0.15) is 12.2 Å². The summed E-state index contributed by atoms with van der Waals surface area (Å²) in [4.78, 5) is 12.1. The lowest BCUT2D eigenvalue weighted by molar-refractivity contribution is -0.143. The highest BCUT2D eigenvalue weighted by Crippen LogP contribution is 2.33. The number of hydrogen-bond donors (Lipinski definition) is 0. The molecule has 0 N–H and O–H groups in total. The molecular weight excluding hydrogens is 369 g/mol. The highest BCUT2D eigenvalue weighted by molar-refractivity contribution is 5.90. The molecule has 0 aliphatic carbocycles. The molecule has 0 atom stereocenters. The van der Waals surface area contributed by atoms with E-state index in [1.54, 1.807) is 12.3 Å². The zero-order valence-corrected chi connectivity index (χ0v) is 13.9. The molecule has 3 aromatic rings. The summed E-state index contributed by atoms with van der Waals surface area (Å²) >= 11 is 0. The number of ether oxygens (including phenoxy) is 2. The van der Waals surface area contributed by atoms with Gasteiger partial charge in [0.25, 0.3) is 0 Å². The van der Waals surface area contributed by atoms with Crippen LogP contribution in [0, 0.1) is 0 Å². The molecule has 0 spiro atoms. The van der Waals surface area contributed by atoms with Gasteiger partial charge in [0.15, 0.2) is 11.5 Å². The number of nitrogens with zero attached hydrogens (tertiary/aromatic N) is 6. The van der Waals surface area contributed by atoms with Crippen LogP contribution in [0.3, 0.4) is 0 Å². The molecule has 0 aliphatic heterocycles. The van der Waals surface area contributed by atoms with Crippen molar-refractivity contribution >= 4 is 5.97 Å². The first-order chi connectivity index (χ1) is 12.9. The quantitative estimate of drug-likeness (QED) is 0.599. The van der Waals surface area contributed by atoms with E-state index >= 15 is 0 Å². The Hall–Kier alpha value is -3.44. The van der Waals surface area contributed by atoms with Crippen molar-refractivity contribution in [1.29, 1.82) is 0 Å². The molecule has 0 aliphatic rings. The Morgan fingerprint density at radius 1 is 1.22 bits per heavy atom. The average Bonchev–Trinajstić information content (AvgIpc) is 3.31. The minimum atomic E-state index is -4.87. The van der Waals surface area contributed by atoms with E-state index in [-0.39, 0.29) is 24.8 Å². The summed E-state index contributed by atoms with van der Waals surface area (Å²) < 4.78 is 52.3. The Bertz CT molecular complexity index is 906. The van der Waals surface area contributed by atoms with Crippen molar-refractivity contribution in [3.63, 3.8) is 0 Å². The molecule has 0 amide bonds. The van der Waals surface area contributed by atoms with Gasteiger partial charge in [0.05, 0.1) is 19.9 Å². The van der Waals surface area contributed by atoms with Gasteiger partial charge in [-0.15, -0.1) is 10.2 Å². The zero-order valence-electron chi connectivity index (χ0n) is 13.9. The number of halogens is 3. The minimum Gasteiger partial charge on any atom is -0.480 e. The van der Waals surface area contributed by atoms with Crippen molar-refractivity contribution in [2.75, 3.05) is 13.7 Å². The van der Waals surface area contributed by atoms with Crippen LogP contribution < -0.4 is 4.74 Å². The molecule has 9 nitrogen and oxygen atoms in total. The molecule has 0 fully saturated rings. The SMILES string of the molecule is COc1ccc(-n2ncc(C(=O)OCCn3cccn3)c2C(F)(F)F)nn1. The number of hydrogen-bond acceptors (Lipinski definition) is 7. The minimum absolute atomic E-state index is 0.123. The highest BCUT2D eigenvalue weighted by Gasteiger charge is 2.41. The summed E-state index contributed by atoms with van der Waals surface area (Å²) in [6.07, 6.45) is -0.918. The van der Waals surface area contributed by atoms with Crippen LogP contribution >= 0.6 is 0 Å². The number of aromatic nitrogens is 6. The number of rotatable bonds is 6. The van der Waals surface area contributed by atoms with Gasteiger partial charge in [-0.25, -0.2) is 9.48 Å². The van der Waals surface area contributed by atoms with Crippen molar-refractivity contribution in [2.45, 2.75) is 12.7 Å². The van der Waals surface area contributed by atoms with E-state index in [1.165, 1.54) is 30.1 Å². The Balaban J connectivity index is 1.84. The normalized spacial score (nSPS) is 11.4. The fraction of sp³-hybridized carbons (Fsp3) is 0.267. The average molecular weight is 382 g/mol. The fourth-order valence-corrected chi connectivity index (χ4v) is 2.22. The molecule has 3 heterocycles. The summed E-state index contributed by atoms with van der Waals surface area (Å²) in [7, 11) is 1.34. The predicted octanol–water partition coefficient (Wildman–Crippen LogP) is 1.74. The van der Waals surface area contributed by atoms with Crippen molar-refractivity contribution in [2.24, 2.45) is 0 Å². The van der Waals surface area contributed by atoms with Crippen LogP contribution in [0.25, 0.3) is 5.82 Å². The summed E-state index contributed by atoms with van der Waals surface area (Å²) in [5, 5.41) is 14.8. The first-order valence-corrected chi connectivity index (χ1v) is 7.58. The Morgan fingerprint density at radius 2 is 2.04 bits per heavy atom. The standard InChI is InChI=1S/C15H13F3N6O3/c1-26-12-4-3-11(21-22-12)24-13(15(16,17)18)10(9-20-24)14(25)27-8-7-23-6-2-5-19-23/h2-6,9H,7-8H2,1H3. The van der Waals surface area contributed by atoms with E-state index < -0.39 is 23.4 Å². The molecule has 0 saturated heterocycles. The Morgan fingerprint density at radius 3 is 2.63 bits per heavy atom. The van der Waals surface area contributed by atoms with E-state index in [1.807, 2.05) is 0 Å². The van der Waals surface area contributed by atoms with Crippen LogP contribution in [-0.2, 0) is 17.5 Å². The first-order valence-electron chi connectivity index (χ1n) is 7.58. The van der Waals surface area contributed by atoms with Gasteiger partial charge in [-0.2, -0.15) is 23.4 Å². The second-order valence-corrected chi connectivity index (χ2v) is 5.16. The number of alkyl halides is 3. The van der Waals surface area contributed by atoms with Gasteiger partial charge in [-0.3, -0.25) is 4.68 Å². The van der Waals surface area contributed by atoms with E-state index in [0.717, 1.165) is 6.20 Å². The van der Waals surface area contributed by atoms with Crippen LogP contribution in [-0.4, -0.2) is 49.4 Å². The molecule has 0 bridgehead atoms. The third-order valence-corrected chi connectivity index (χ3v) is 3.42. The van der Waals surface area contributed by atoms with Crippen LogP contribution in [0.15, 0.2) is 36.8 Å². The lowest BCUT2D eigenvalue weighted by atomic mass is 10.2. The van der Waals surface area contributed by atoms with Crippen LogP contribution in [0.4, 0.5) is 13.2 Å². The molecule has 27 heavy (non-hydrogen) atoms. The molecule has 12 heteroatoms. The van der Waals surface area contributed by atoms with Gasteiger partial charge in [0, 0.05) is 18.5 Å². The lowest BCUT2D eigenvalue weighted by Crippen LogP contribution is -2.20. The van der Waals surface area contributed by atoms with Crippen LogP contribution in [0.1, 0.15) is 16.1 Å². The monoisotopic (exact) mass is 382 g/mol. The Kier molecular flexibility index (Phi) is 5.05. The van der Waals surface area contributed by atoms with Crippen LogP contribution in [0.5, 0.6) is 5.88 Å². The summed E-state index contributed by atoms with van der Waals surface area (Å²) in [5.41, 5.74) is -2.02. The van der Waals surface area contributed by atoms with Crippen LogP contribution in [0.2, 0.25) is 0 Å². The highest BCUT2D eigenvalue weighted by atomic mass is 19.4. The summed E-state index contributed by atoms with van der Waals surface area (Å²) in [6.45, 7) is 0.0590. The van der Waals surface area contributed by atoms with E-state index in [9.17, 15) is 18.0 Å². The van der Waals surface area contributed by atoms with Crippen molar-refractivity contribution in [3.05, 3.63) is 48.0 Å². The van der Waals surface area contributed by atoms with E-state index in [4.69, 9.17) is 9.47 Å². The van der Waals surface area contributed by atoms with Gasteiger partial charge in [0.2, 0.25) is 5.88 Å². The molecule has 0 aromatic carbocycles. The van der Waals surface area contributed by atoms with Gasteiger partial charge < -0.3 is 9.47 Å². The molecule has 3 aromatic heterocycles. The molecule has 3 rings (SSSR count). The summed E-state index contributed by atoms with van der Waals surface area (Å²) in [6, 6.07) is 4.23. The van der Waals surface area contributed by atoms with Crippen molar-refractivity contribution in [3.8, 4) is 11.7 Å². The zero-order chi connectivity index (χ0) is 19.4. The topological polar surface area (TPSA) is 97.0 Å². The third kappa shape index (κ3) is 4.04.